The van der Waals surface area contributed by atoms with Crippen LogP contribution in [0.2, 0.25) is 0 Å². The fourth-order valence-electron chi connectivity index (χ4n) is 1.84. The van der Waals surface area contributed by atoms with Gasteiger partial charge >= 0.3 is 0 Å². The van der Waals surface area contributed by atoms with Gasteiger partial charge in [0.2, 0.25) is 0 Å². The number of carboxylic acid groups (broad SMARTS) is 1. The smallest absolute Gasteiger partial charge is 0.253 e. The molecular formula is C15H13N2O3-. The molecule has 0 aliphatic heterocycles. The Labute approximate surface area is 116 Å². The number of amides is 1. The Bertz CT molecular complexity index is 585. The van der Waals surface area contributed by atoms with E-state index in [1.54, 1.807) is 42.6 Å². The van der Waals surface area contributed by atoms with Crippen LogP contribution in [0.3, 0.4) is 0 Å². The average molecular weight is 269 g/mol. The Kier molecular flexibility index (Phi) is 4.44. The van der Waals surface area contributed by atoms with Gasteiger partial charge in [-0.1, -0.05) is 30.3 Å². The van der Waals surface area contributed by atoms with E-state index < -0.39 is 12.0 Å². The maximum absolute atomic E-state index is 12.0. The molecule has 0 saturated heterocycles. The Morgan fingerprint density at radius 2 is 1.90 bits per heavy atom. The lowest BCUT2D eigenvalue weighted by Crippen LogP contribution is -2.34. The quantitative estimate of drug-likeness (QED) is 0.866. The second kappa shape index (κ2) is 6.47. The van der Waals surface area contributed by atoms with Crippen LogP contribution in [0.15, 0.2) is 54.9 Å². The number of pyridine rings is 1. The summed E-state index contributed by atoms with van der Waals surface area (Å²) in [5, 5.41) is 13.5. The maximum atomic E-state index is 12.0. The molecule has 1 amide bonds. The van der Waals surface area contributed by atoms with Gasteiger partial charge in [-0.05, 0) is 17.7 Å². The molecule has 1 aromatic heterocycles. The molecule has 0 saturated carbocycles. The number of hydrogen-bond donors (Lipinski definition) is 1. The summed E-state index contributed by atoms with van der Waals surface area (Å²) in [6.07, 6.45) is 2.71. The lowest BCUT2D eigenvalue weighted by Gasteiger charge is -2.19. The SMILES string of the molecule is O=C([O-])C[C@H](NC(=O)c1cccnc1)c1ccccc1. The van der Waals surface area contributed by atoms with Crippen LogP contribution < -0.4 is 10.4 Å². The predicted octanol–water partition coefficient (Wildman–Crippen LogP) is 0.693. The van der Waals surface area contributed by atoms with Gasteiger partial charge in [0, 0.05) is 24.8 Å². The van der Waals surface area contributed by atoms with Gasteiger partial charge in [-0.2, -0.15) is 0 Å². The van der Waals surface area contributed by atoms with Crippen molar-refractivity contribution < 1.29 is 14.7 Å². The number of aromatic nitrogens is 1. The van der Waals surface area contributed by atoms with Crippen molar-refractivity contribution in [3.05, 3.63) is 66.0 Å². The summed E-state index contributed by atoms with van der Waals surface area (Å²) < 4.78 is 0. The maximum Gasteiger partial charge on any atom is 0.253 e. The molecule has 0 fully saturated rings. The van der Waals surface area contributed by atoms with E-state index in [1.165, 1.54) is 6.20 Å². The first-order chi connectivity index (χ1) is 9.66. The van der Waals surface area contributed by atoms with Crippen molar-refractivity contribution in [2.75, 3.05) is 0 Å². The molecule has 2 rings (SSSR count). The van der Waals surface area contributed by atoms with Crippen LogP contribution in [0, 0.1) is 0 Å². The molecule has 0 radical (unpaired) electrons. The van der Waals surface area contributed by atoms with Crippen LogP contribution in [0.5, 0.6) is 0 Å². The zero-order valence-corrected chi connectivity index (χ0v) is 10.7. The van der Waals surface area contributed by atoms with Gasteiger partial charge < -0.3 is 15.2 Å². The van der Waals surface area contributed by atoms with Crippen molar-refractivity contribution >= 4 is 11.9 Å². The van der Waals surface area contributed by atoms with E-state index in [2.05, 4.69) is 10.3 Å². The predicted molar refractivity (Wildman–Crippen MR) is 70.5 cm³/mol. The van der Waals surface area contributed by atoms with E-state index in [0.717, 1.165) is 0 Å². The van der Waals surface area contributed by atoms with E-state index in [0.29, 0.717) is 11.1 Å². The van der Waals surface area contributed by atoms with Crippen molar-refractivity contribution in [1.82, 2.24) is 10.3 Å². The van der Waals surface area contributed by atoms with E-state index in [4.69, 9.17) is 0 Å². The highest BCUT2D eigenvalue weighted by molar-refractivity contribution is 5.94. The molecule has 0 spiro atoms. The Balaban J connectivity index is 2.16. The topological polar surface area (TPSA) is 82.1 Å². The lowest BCUT2D eigenvalue weighted by molar-refractivity contribution is -0.306. The highest BCUT2D eigenvalue weighted by Gasteiger charge is 2.15. The first kappa shape index (κ1) is 13.7. The van der Waals surface area contributed by atoms with Gasteiger partial charge in [-0.25, -0.2) is 0 Å². The first-order valence-electron chi connectivity index (χ1n) is 6.12. The molecule has 2 aromatic rings. The van der Waals surface area contributed by atoms with E-state index in [9.17, 15) is 14.7 Å². The molecule has 0 aliphatic rings. The number of benzene rings is 1. The fourth-order valence-corrected chi connectivity index (χ4v) is 1.84. The summed E-state index contributed by atoms with van der Waals surface area (Å²) in [5.74, 6) is -1.58. The summed E-state index contributed by atoms with van der Waals surface area (Å²) in [7, 11) is 0. The third-order valence-electron chi connectivity index (χ3n) is 2.80. The summed E-state index contributed by atoms with van der Waals surface area (Å²) in [5.41, 5.74) is 1.10. The number of rotatable bonds is 5. The monoisotopic (exact) mass is 269 g/mol. The second-order valence-corrected chi connectivity index (χ2v) is 4.25. The molecule has 1 atom stereocenters. The Morgan fingerprint density at radius 1 is 1.15 bits per heavy atom. The minimum absolute atomic E-state index is 0.282. The second-order valence-electron chi connectivity index (χ2n) is 4.25. The molecule has 0 bridgehead atoms. The summed E-state index contributed by atoms with van der Waals surface area (Å²) in [4.78, 5) is 26.7. The molecular weight excluding hydrogens is 256 g/mol. The van der Waals surface area contributed by atoms with Crippen molar-refractivity contribution in [3.63, 3.8) is 0 Å². The van der Waals surface area contributed by atoms with Gasteiger partial charge in [0.05, 0.1) is 11.6 Å². The zero-order valence-electron chi connectivity index (χ0n) is 10.7. The van der Waals surface area contributed by atoms with Crippen LogP contribution in [0.4, 0.5) is 0 Å². The summed E-state index contributed by atoms with van der Waals surface area (Å²) in [6, 6.07) is 11.5. The number of nitrogens with zero attached hydrogens (tertiary/aromatic N) is 1. The first-order valence-corrected chi connectivity index (χ1v) is 6.12. The van der Waals surface area contributed by atoms with E-state index in [1.807, 2.05) is 6.07 Å². The van der Waals surface area contributed by atoms with Crippen molar-refractivity contribution in [2.45, 2.75) is 12.5 Å². The van der Waals surface area contributed by atoms with Crippen LogP contribution in [0.25, 0.3) is 0 Å². The molecule has 20 heavy (non-hydrogen) atoms. The standard InChI is InChI=1S/C15H14N2O3/c18-14(19)9-13(11-5-2-1-3-6-11)17-15(20)12-7-4-8-16-10-12/h1-8,10,13H,9H2,(H,17,20)(H,18,19)/p-1/t13-/m0/s1. The van der Waals surface area contributed by atoms with Gasteiger partial charge in [0.15, 0.2) is 0 Å². The fraction of sp³-hybridized carbons (Fsp3) is 0.133. The Morgan fingerprint density at radius 3 is 2.50 bits per heavy atom. The van der Waals surface area contributed by atoms with E-state index >= 15 is 0 Å². The molecule has 1 heterocycles. The van der Waals surface area contributed by atoms with Crippen LogP contribution in [0.1, 0.15) is 28.4 Å². The molecule has 0 unspecified atom stereocenters. The third kappa shape index (κ3) is 3.65. The van der Waals surface area contributed by atoms with Crippen molar-refractivity contribution in [1.29, 1.82) is 0 Å². The van der Waals surface area contributed by atoms with E-state index in [-0.39, 0.29) is 12.3 Å². The Hall–Kier alpha value is -2.69. The van der Waals surface area contributed by atoms with Crippen molar-refractivity contribution in [2.24, 2.45) is 0 Å². The normalized spacial score (nSPS) is 11.6. The lowest BCUT2D eigenvalue weighted by atomic mass is 10.0. The van der Waals surface area contributed by atoms with Gasteiger partial charge in [0.1, 0.15) is 0 Å². The largest absolute Gasteiger partial charge is 0.550 e. The number of aliphatic carboxylic acids is 1. The third-order valence-corrected chi connectivity index (χ3v) is 2.80. The number of carboxylic acids is 1. The minimum Gasteiger partial charge on any atom is -0.550 e. The van der Waals surface area contributed by atoms with Crippen LogP contribution in [-0.2, 0) is 4.79 Å². The highest BCUT2D eigenvalue weighted by atomic mass is 16.4. The molecule has 5 nitrogen and oxygen atoms in total. The molecule has 1 aromatic carbocycles. The van der Waals surface area contributed by atoms with Crippen LogP contribution >= 0.6 is 0 Å². The minimum atomic E-state index is -1.22. The van der Waals surface area contributed by atoms with Crippen LogP contribution in [-0.4, -0.2) is 16.9 Å². The molecule has 102 valence electrons. The van der Waals surface area contributed by atoms with Crippen molar-refractivity contribution in [3.8, 4) is 0 Å². The number of nitrogens with one attached hydrogen (secondary N) is 1. The van der Waals surface area contributed by atoms with Gasteiger partial charge in [-0.15, -0.1) is 0 Å². The molecule has 0 aliphatic carbocycles. The average Bonchev–Trinajstić information content (AvgIpc) is 2.48. The number of carbonyl (C=O) groups excluding carboxylic acids is 2. The highest BCUT2D eigenvalue weighted by Crippen LogP contribution is 2.16. The molecule has 1 N–H and O–H groups in total. The van der Waals surface area contributed by atoms with Gasteiger partial charge in [-0.3, -0.25) is 9.78 Å². The number of carbonyl (C=O) groups is 2. The molecule has 5 heteroatoms. The van der Waals surface area contributed by atoms with Gasteiger partial charge in [0.25, 0.3) is 5.91 Å². The summed E-state index contributed by atoms with van der Waals surface area (Å²) >= 11 is 0. The summed E-state index contributed by atoms with van der Waals surface area (Å²) in [6.45, 7) is 0. The number of hydrogen-bond acceptors (Lipinski definition) is 4. The zero-order chi connectivity index (χ0) is 14.4.